The van der Waals surface area contributed by atoms with Gasteiger partial charge in [-0.25, -0.2) is 0 Å². The van der Waals surface area contributed by atoms with Gasteiger partial charge in [-0.3, -0.25) is 4.79 Å². The normalized spacial score (nSPS) is 10.9. The van der Waals surface area contributed by atoms with E-state index in [0.717, 1.165) is 13.6 Å². The van der Waals surface area contributed by atoms with Crippen LogP contribution in [0.25, 0.3) is 6.08 Å². The smallest absolute Gasteiger partial charge is 0.266 e. The van der Waals surface area contributed by atoms with Gasteiger partial charge in [0.2, 0.25) is 0 Å². The maximum atomic E-state index is 12.5. The van der Waals surface area contributed by atoms with Gasteiger partial charge in [0.1, 0.15) is 24.0 Å². The Morgan fingerprint density at radius 2 is 1.93 bits per heavy atom. The zero-order valence-electron chi connectivity index (χ0n) is 15.5. The molecule has 3 rings (SSSR count). The highest BCUT2D eigenvalue weighted by Gasteiger charge is 2.13. The summed E-state index contributed by atoms with van der Waals surface area (Å²) < 4.78 is 7.54. The van der Waals surface area contributed by atoms with Crippen molar-refractivity contribution in [2.45, 2.75) is 6.61 Å². The van der Waals surface area contributed by atoms with Crippen LogP contribution in [0.15, 0.2) is 76.8 Å². The second-order valence-electron chi connectivity index (χ2n) is 6.22. The second-order valence-corrected chi connectivity index (χ2v) is 8.68. The Balaban J connectivity index is 1.77. The molecule has 0 fully saturated rings. The van der Waals surface area contributed by atoms with Gasteiger partial charge in [0.25, 0.3) is 5.91 Å². The van der Waals surface area contributed by atoms with Gasteiger partial charge in [0.05, 0.1) is 8.04 Å². The summed E-state index contributed by atoms with van der Waals surface area (Å²) in [6.07, 6.45) is 1.54. The van der Waals surface area contributed by atoms with Gasteiger partial charge < -0.3 is 10.1 Å². The molecule has 0 bridgehead atoms. The fourth-order valence-corrected chi connectivity index (χ4v) is 4.57. The summed E-state index contributed by atoms with van der Waals surface area (Å²) in [6.45, 7) is 0.441. The van der Waals surface area contributed by atoms with Crippen molar-refractivity contribution in [3.63, 3.8) is 0 Å². The van der Waals surface area contributed by atoms with E-state index in [0.29, 0.717) is 28.6 Å². The van der Waals surface area contributed by atoms with E-state index in [1.54, 1.807) is 24.3 Å². The molecule has 0 aromatic heterocycles. The number of nitriles is 1. The minimum Gasteiger partial charge on any atom is -0.487 e. The number of rotatable bonds is 6. The minimum atomic E-state index is -0.504. The van der Waals surface area contributed by atoms with Crippen LogP contribution in [0.3, 0.4) is 0 Å². The van der Waals surface area contributed by atoms with Crippen molar-refractivity contribution >= 4 is 67.8 Å². The van der Waals surface area contributed by atoms with Crippen molar-refractivity contribution in [1.29, 1.82) is 5.26 Å². The summed E-state index contributed by atoms with van der Waals surface area (Å²) in [7, 11) is 0. The van der Waals surface area contributed by atoms with E-state index in [4.69, 9.17) is 16.3 Å². The average Bonchev–Trinajstić information content (AvgIpc) is 2.72. The number of carbonyl (C=O) groups excluding carboxylic acids is 1. The Hall–Kier alpha value is -2.34. The number of ether oxygens (including phenoxy) is 1. The molecular formula is C23H15BrClIN2O2. The number of anilines is 1. The first kappa shape index (κ1) is 22.3. The lowest BCUT2D eigenvalue weighted by atomic mass is 10.1. The van der Waals surface area contributed by atoms with Crippen LogP contribution in [0, 0.1) is 14.9 Å². The Morgan fingerprint density at radius 1 is 1.17 bits per heavy atom. The van der Waals surface area contributed by atoms with E-state index < -0.39 is 5.91 Å². The van der Waals surface area contributed by atoms with Gasteiger partial charge in [-0.2, -0.15) is 5.26 Å². The maximum Gasteiger partial charge on any atom is 0.266 e. The number of halogens is 3. The summed E-state index contributed by atoms with van der Waals surface area (Å²) in [4.78, 5) is 12.5. The molecule has 0 unspecified atom stereocenters. The van der Waals surface area contributed by atoms with Crippen LogP contribution < -0.4 is 10.1 Å². The first-order chi connectivity index (χ1) is 14.5. The Morgan fingerprint density at radius 3 is 2.60 bits per heavy atom. The highest BCUT2D eigenvalue weighted by Crippen LogP contribution is 2.33. The van der Waals surface area contributed by atoms with Crippen LogP contribution in [0.1, 0.15) is 11.1 Å². The number of hydrogen-bond donors (Lipinski definition) is 1. The molecule has 0 atom stereocenters. The summed E-state index contributed by atoms with van der Waals surface area (Å²) in [5.41, 5.74) is 2.27. The van der Waals surface area contributed by atoms with Gasteiger partial charge in [-0.15, -0.1) is 0 Å². The highest BCUT2D eigenvalue weighted by atomic mass is 127. The van der Waals surface area contributed by atoms with Gasteiger partial charge in [0.15, 0.2) is 0 Å². The lowest BCUT2D eigenvalue weighted by molar-refractivity contribution is -0.112. The predicted molar refractivity (Wildman–Crippen MR) is 131 cm³/mol. The lowest BCUT2D eigenvalue weighted by Gasteiger charge is -2.12. The van der Waals surface area contributed by atoms with Gasteiger partial charge in [-0.1, -0.05) is 48.0 Å². The molecule has 0 heterocycles. The van der Waals surface area contributed by atoms with Gasteiger partial charge >= 0.3 is 0 Å². The third kappa shape index (κ3) is 6.08. The maximum absolute atomic E-state index is 12.5. The van der Waals surface area contributed by atoms with E-state index in [-0.39, 0.29) is 5.57 Å². The van der Waals surface area contributed by atoms with Crippen LogP contribution in [-0.2, 0) is 11.4 Å². The van der Waals surface area contributed by atoms with Crippen molar-refractivity contribution in [2.75, 3.05) is 5.32 Å². The molecule has 4 nitrogen and oxygen atoms in total. The predicted octanol–water partition coefficient (Wildman–Crippen LogP) is 6.83. The Bertz CT molecular complexity index is 1120. The average molecular weight is 594 g/mol. The first-order valence-corrected chi connectivity index (χ1v) is 11.1. The van der Waals surface area contributed by atoms with Crippen LogP contribution in [0.4, 0.5) is 5.69 Å². The molecule has 1 N–H and O–H groups in total. The quantitative estimate of drug-likeness (QED) is 0.194. The number of carbonyl (C=O) groups is 1. The van der Waals surface area contributed by atoms with Crippen molar-refractivity contribution in [2.24, 2.45) is 0 Å². The summed E-state index contributed by atoms with van der Waals surface area (Å²) in [5, 5.41) is 12.6. The molecular weight excluding hydrogens is 579 g/mol. The third-order valence-corrected chi connectivity index (χ3v) is 5.63. The molecule has 7 heteroatoms. The minimum absolute atomic E-state index is 0.0179. The molecule has 0 saturated heterocycles. The fourth-order valence-electron chi connectivity index (χ4n) is 2.61. The molecule has 1 amide bonds. The van der Waals surface area contributed by atoms with E-state index in [9.17, 15) is 10.1 Å². The molecule has 0 aliphatic carbocycles. The zero-order chi connectivity index (χ0) is 21.5. The van der Waals surface area contributed by atoms with Gasteiger partial charge in [0, 0.05) is 10.7 Å². The Kier molecular flexibility index (Phi) is 7.91. The molecule has 3 aromatic rings. The van der Waals surface area contributed by atoms with E-state index in [2.05, 4.69) is 43.8 Å². The van der Waals surface area contributed by atoms with Crippen LogP contribution >= 0.6 is 50.1 Å². The van der Waals surface area contributed by atoms with Crippen LogP contribution in [0.2, 0.25) is 5.02 Å². The monoisotopic (exact) mass is 592 g/mol. The number of nitrogens with zero attached hydrogens (tertiary/aromatic N) is 1. The third-order valence-electron chi connectivity index (χ3n) is 4.01. The van der Waals surface area contributed by atoms with Crippen LogP contribution in [-0.4, -0.2) is 5.91 Å². The van der Waals surface area contributed by atoms with E-state index >= 15 is 0 Å². The number of hydrogen-bond acceptors (Lipinski definition) is 3. The summed E-state index contributed by atoms with van der Waals surface area (Å²) in [6, 6.07) is 22.3. The Labute approximate surface area is 201 Å². The SMILES string of the molecule is N#C/C(=C\c1cc(Br)c(OCc2ccccc2)c(I)c1)C(=O)Nc1cccc(Cl)c1. The fraction of sp³-hybridized carbons (Fsp3) is 0.0435. The van der Waals surface area contributed by atoms with Crippen molar-refractivity contribution in [1.82, 2.24) is 0 Å². The number of nitrogens with one attached hydrogen (secondary N) is 1. The molecule has 30 heavy (non-hydrogen) atoms. The molecule has 0 radical (unpaired) electrons. The van der Waals surface area contributed by atoms with Crippen LogP contribution in [0.5, 0.6) is 5.75 Å². The van der Waals surface area contributed by atoms with Crippen molar-refractivity contribution < 1.29 is 9.53 Å². The van der Waals surface area contributed by atoms with Crippen molar-refractivity contribution in [3.05, 3.63) is 96.5 Å². The second kappa shape index (κ2) is 10.6. The number of benzene rings is 3. The molecule has 150 valence electrons. The lowest BCUT2D eigenvalue weighted by Crippen LogP contribution is -2.13. The van der Waals surface area contributed by atoms with E-state index in [1.165, 1.54) is 6.08 Å². The standard InChI is InChI=1S/C23H15BrClIN2O2/c24-20-10-16(11-21(26)22(20)30-14-15-5-2-1-3-6-15)9-17(13-27)23(29)28-19-8-4-7-18(25)12-19/h1-12H,14H2,(H,28,29)/b17-9+. The zero-order valence-corrected chi connectivity index (χ0v) is 20.0. The molecule has 0 aliphatic rings. The summed E-state index contributed by atoms with van der Waals surface area (Å²) in [5.74, 6) is 0.203. The first-order valence-electron chi connectivity index (χ1n) is 8.81. The van der Waals surface area contributed by atoms with Gasteiger partial charge in [-0.05, 0) is 86.1 Å². The largest absolute Gasteiger partial charge is 0.487 e. The van der Waals surface area contributed by atoms with Crippen molar-refractivity contribution in [3.8, 4) is 11.8 Å². The summed E-state index contributed by atoms with van der Waals surface area (Å²) >= 11 is 11.6. The van der Waals surface area contributed by atoms with E-state index in [1.807, 2.05) is 48.5 Å². The number of amides is 1. The molecule has 0 saturated carbocycles. The molecule has 0 spiro atoms. The molecule has 0 aliphatic heterocycles. The molecule has 3 aromatic carbocycles. The topological polar surface area (TPSA) is 62.1 Å². The highest BCUT2D eigenvalue weighted by molar-refractivity contribution is 14.1.